The number of rotatable bonds is 5. The summed E-state index contributed by atoms with van der Waals surface area (Å²) in [6.45, 7) is 3.30. The number of aryl methyl sites for hydroxylation is 1. The summed E-state index contributed by atoms with van der Waals surface area (Å²) in [7, 11) is 0. The molecule has 2 aromatic heterocycles. The summed E-state index contributed by atoms with van der Waals surface area (Å²) in [6.07, 6.45) is 4.44. The Balaban J connectivity index is 1.68. The van der Waals surface area contributed by atoms with E-state index in [4.69, 9.17) is 4.74 Å². The van der Waals surface area contributed by atoms with Gasteiger partial charge in [0.05, 0.1) is 17.8 Å². The molecule has 0 aromatic carbocycles. The third-order valence-electron chi connectivity index (χ3n) is 3.78. The Bertz CT molecular complexity index is 731. The number of carbonyl (C=O) groups is 1. The standard InChI is InChI=1S/C15H19N3O3S/c1-2-11-6-12-14(22-11)17-9-18(15(12)20)8-13(19)16-7-10-4-3-5-21-10/h6,9-10H,2-5,7-8H2,1H3,(H,16,19). The summed E-state index contributed by atoms with van der Waals surface area (Å²) in [5.74, 6) is -0.190. The SMILES string of the molecule is CCc1cc2c(=O)n(CC(=O)NCC3CCCO3)cnc2s1. The van der Waals surface area contributed by atoms with Crippen molar-refractivity contribution < 1.29 is 9.53 Å². The molecule has 1 aliphatic rings. The average molecular weight is 321 g/mol. The number of ether oxygens (including phenoxy) is 1. The van der Waals surface area contributed by atoms with Crippen molar-refractivity contribution in [2.75, 3.05) is 13.2 Å². The van der Waals surface area contributed by atoms with Gasteiger partial charge >= 0.3 is 0 Å². The van der Waals surface area contributed by atoms with E-state index >= 15 is 0 Å². The summed E-state index contributed by atoms with van der Waals surface area (Å²) in [5, 5.41) is 3.41. The minimum Gasteiger partial charge on any atom is -0.376 e. The topological polar surface area (TPSA) is 73.2 Å². The zero-order chi connectivity index (χ0) is 15.5. The lowest BCUT2D eigenvalue weighted by Crippen LogP contribution is -2.36. The highest BCUT2D eigenvalue weighted by Crippen LogP contribution is 2.20. The van der Waals surface area contributed by atoms with Crippen molar-refractivity contribution in [2.24, 2.45) is 0 Å². The first-order valence-electron chi connectivity index (χ1n) is 7.53. The third-order valence-corrected chi connectivity index (χ3v) is 4.97. The third kappa shape index (κ3) is 3.20. The van der Waals surface area contributed by atoms with Crippen LogP contribution in [0.4, 0.5) is 0 Å². The van der Waals surface area contributed by atoms with E-state index in [9.17, 15) is 9.59 Å². The Morgan fingerprint density at radius 1 is 1.59 bits per heavy atom. The van der Waals surface area contributed by atoms with Crippen LogP contribution in [0.1, 0.15) is 24.6 Å². The molecule has 0 radical (unpaired) electrons. The van der Waals surface area contributed by atoms with Gasteiger partial charge in [-0.25, -0.2) is 4.98 Å². The molecule has 6 nitrogen and oxygen atoms in total. The molecular weight excluding hydrogens is 302 g/mol. The average Bonchev–Trinajstić information content (AvgIpc) is 3.17. The van der Waals surface area contributed by atoms with Crippen LogP contribution in [0.25, 0.3) is 10.2 Å². The molecule has 0 saturated carbocycles. The van der Waals surface area contributed by atoms with Crippen LogP contribution < -0.4 is 10.9 Å². The van der Waals surface area contributed by atoms with E-state index in [2.05, 4.69) is 10.3 Å². The van der Waals surface area contributed by atoms with Gasteiger partial charge in [-0.05, 0) is 25.3 Å². The van der Waals surface area contributed by atoms with Gasteiger partial charge in [-0.2, -0.15) is 0 Å². The molecule has 1 amide bonds. The second-order valence-corrected chi connectivity index (χ2v) is 6.52. The molecule has 1 unspecified atom stereocenters. The molecule has 1 saturated heterocycles. The van der Waals surface area contributed by atoms with Crippen LogP contribution in [-0.2, 0) is 22.5 Å². The van der Waals surface area contributed by atoms with E-state index in [-0.39, 0.29) is 24.1 Å². The van der Waals surface area contributed by atoms with Crippen molar-refractivity contribution in [1.82, 2.24) is 14.9 Å². The number of nitrogens with zero attached hydrogens (tertiary/aromatic N) is 2. The Kier molecular flexibility index (Phi) is 4.54. The highest BCUT2D eigenvalue weighted by Gasteiger charge is 2.16. The predicted octanol–water partition coefficient (Wildman–Crippen LogP) is 1.32. The molecule has 1 aliphatic heterocycles. The Morgan fingerprint density at radius 2 is 2.45 bits per heavy atom. The number of hydrogen-bond acceptors (Lipinski definition) is 5. The van der Waals surface area contributed by atoms with Gasteiger partial charge in [-0.15, -0.1) is 11.3 Å². The summed E-state index contributed by atoms with van der Waals surface area (Å²) in [4.78, 5) is 30.5. The predicted molar refractivity (Wildman–Crippen MR) is 85.2 cm³/mol. The quantitative estimate of drug-likeness (QED) is 0.901. The van der Waals surface area contributed by atoms with Crippen molar-refractivity contribution in [1.29, 1.82) is 0 Å². The lowest BCUT2D eigenvalue weighted by atomic mass is 10.2. The second kappa shape index (κ2) is 6.58. The number of amides is 1. The van der Waals surface area contributed by atoms with Gasteiger partial charge in [0.25, 0.3) is 5.56 Å². The summed E-state index contributed by atoms with van der Waals surface area (Å²) in [5.41, 5.74) is -0.159. The minimum atomic E-state index is -0.190. The maximum absolute atomic E-state index is 12.4. The largest absolute Gasteiger partial charge is 0.376 e. The Labute approximate surface area is 132 Å². The Morgan fingerprint density at radius 3 is 3.18 bits per heavy atom. The zero-order valence-electron chi connectivity index (χ0n) is 12.5. The molecule has 1 atom stereocenters. The molecule has 2 aromatic rings. The van der Waals surface area contributed by atoms with Gasteiger partial charge in [0.1, 0.15) is 11.4 Å². The second-order valence-electron chi connectivity index (χ2n) is 5.40. The van der Waals surface area contributed by atoms with E-state index < -0.39 is 0 Å². The van der Waals surface area contributed by atoms with Gasteiger partial charge in [0.2, 0.25) is 5.91 Å². The van der Waals surface area contributed by atoms with Crippen LogP contribution in [0.15, 0.2) is 17.2 Å². The lowest BCUT2D eigenvalue weighted by molar-refractivity contribution is -0.122. The van der Waals surface area contributed by atoms with Gasteiger partial charge < -0.3 is 10.1 Å². The van der Waals surface area contributed by atoms with E-state index in [1.807, 2.05) is 13.0 Å². The molecule has 1 N–H and O–H groups in total. The molecule has 3 heterocycles. The molecule has 0 spiro atoms. The smallest absolute Gasteiger partial charge is 0.262 e. The van der Waals surface area contributed by atoms with Crippen LogP contribution in [0, 0.1) is 0 Å². The molecule has 1 fully saturated rings. The number of aromatic nitrogens is 2. The summed E-state index contributed by atoms with van der Waals surface area (Å²) >= 11 is 1.52. The van der Waals surface area contributed by atoms with Gasteiger partial charge in [-0.3, -0.25) is 14.2 Å². The highest BCUT2D eigenvalue weighted by atomic mass is 32.1. The first-order valence-corrected chi connectivity index (χ1v) is 8.35. The maximum Gasteiger partial charge on any atom is 0.262 e. The van der Waals surface area contributed by atoms with E-state index in [0.717, 1.165) is 35.6 Å². The fourth-order valence-electron chi connectivity index (χ4n) is 2.54. The summed E-state index contributed by atoms with van der Waals surface area (Å²) < 4.78 is 6.82. The van der Waals surface area contributed by atoms with Crippen LogP contribution in [0.3, 0.4) is 0 Å². The molecule has 0 aliphatic carbocycles. The van der Waals surface area contributed by atoms with E-state index in [0.29, 0.717) is 11.9 Å². The molecule has 118 valence electrons. The van der Waals surface area contributed by atoms with Gasteiger partial charge in [0, 0.05) is 18.0 Å². The monoisotopic (exact) mass is 321 g/mol. The van der Waals surface area contributed by atoms with Crippen molar-refractivity contribution in [3.63, 3.8) is 0 Å². The lowest BCUT2D eigenvalue weighted by Gasteiger charge is -2.11. The van der Waals surface area contributed by atoms with Crippen LogP contribution in [0.2, 0.25) is 0 Å². The van der Waals surface area contributed by atoms with Crippen molar-refractivity contribution in [2.45, 2.75) is 38.8 Å². The molecule has 0 bridgehead atoms. The number of carbonyl (C=O) groups excluding carboxylic acids is 1. The minimum absolute atomic E-state index is 0.00814. The van der Waals surface area contributed by atoms with Crippen molar-refractivity contribution >= 4 is 27.5 Å². The zero-order valence-corrected chi connectivity index (χ0v) is 13.3. The van der Waals surface area contributed by atoms with Gasteiger partial charge in [-0.1, -0.05) is 6.92 Å². The van der Waals surface area contributed by atoms with E-state index in [1.165, 1.54) is 22.2 Å². The van der Waals surface area contributed by atoms with Crippen molar-refractivity contribution in [3.05, 3.63) is 27.6 Å². The Hall–Kier alpha value is -1.73. The first kappa shape index (κ1) is 15.2. The molecule has 3 rings (SSSR count). The molecule has 22 heavy (non-hydrogen) atoms. The normalized spacial score (nSPS) is 18.0. The van der Waals surface area contributed by atoms with Crippen molar-refractivity contribution in [3.8, 4) is 0 Å². The maximum atomic E-state index is 12.4. The summed E-state index contributed by atoms with van der Waals surface area (Å²) in [6, 6.07) is 1.87. The number of thiophene rings is 1. The highest BCUT2D eigenvalue weighted by molar-refractivity contribution is 7.18. The van der Waals surface area contributed by atoms with Crippen LogP contribution in [0.5, 0.6) is 0 Å². The van der Waals surface area contributed by atoms with Gasteiger partial charge in [0.15, 0.2) is 0 Å². The molecular formula is C15H19N3O3S. The fraction of sp³-hybridized carbons (Fsp3) is 0.533. The molecule has 7 heteroatoms. The number of fused-ring (bicyclic) bond motifs is 1. The fourth-order valence-corrected chi connectivity index (χ4v) is 3.47. The van der Waals surface area contributed by atoms with E-state index in [1.54, 1.807) is 0 Å². The van der Waals surface area contributed by atoms with Crippen LogP contribution in [-0.4, -0.2) is 34.7 Å². The first-order chi connectivity index (χ1) is 10.7. The van der Waals surface area contributed by atoms with Crippen LogP contribution >= 0.6 is 11.3 Å². The number of hydrogen-bond donors (Lipinski definition) is 1. The number of nitrogens with one attached hydrogen (secondary N) is 1.